The van der Waals surface area contributed by atoms with Gasteiger partial charge in [0.25, 0.3) is 0 Å². The highest BCUT2D eigenvalue weighted by Gasteiger charge is 2.12. The Bertz CT molecular complexity index is 1210. The van der Waals surface area contributed by atoms with Crippen LogP contribution in [0, 0.1) is 0 Å². The number of rotatable bonds is 11. The number of nitrogens with zero attached hydrogens (tertiary/aromatic N) is 2. The van der Waals surface area contributed by atoms with Crippen molar-refractivity contribution in [2.75, 3.05) is 11.1 Å². The highest BCUT2D eigenvalue weighted by molar-refractivity contribution is 8.01. The smallest absolute Gasteiger partial charge is 0.226 e. The molecule has 34 heavy (non-hydrogen) atoms. The van der Waals surface area contributed by atoms with E-state index in [1.54, 1.807) is 24.3 Å². The van der Waals surface area contributed by atoms with Crippen molar-refractivity contribution in [1.29, 1.82) is 0 Å². The zero-order chi connectivity index (χ0) is 23.6. The number of amides is 1. The molecule has 8 heteroatoms. The molecule has 0 bridgehead atoms. The van der Waals surface area contributed by atoms with Crippen molar-refractivity contribution in [1.82, 2.24) is 10.2 Å². The first-order valence-electron chi connectivity index (χ1n) is 10.8. The van der Waals surface area contributed by atoms with Crippen molar-refractivity contribution in [2.24, 2.45) is 0 Å². The molecular formula is C26H23N3O3S2. The molecule has 0 unspecified atom stereocenters. The SMILES string of the molecule is O=C(CCc1ccccc1)Nc1nnc(SCC(=O)c2ccc(OCc3ccccc3)cc2)s1. The number of carbonyl (C=O) groups excluding carboxylic acids is 2. The van der Waals surface area contributed by atoms with E-state index in [4.69, 9.17) is 4.74 Å². The summed E-state index contributed by atoms with van der Waals surface area (Å²) >= 11 is 2.57. The molecule has 0 atom stereocenters. The maximum absolute atomic E-state index is 12.5. The molecule has 1 N–H and O–H groups in total. The number of anilines is 1. The Morgan fingerprint density at radius 2 is 1.53 bits per heavy atom. The lowest BCUT2D eigenvalue weighted by molar-refractivity contribution is -0.116. The third-order valence-corrected chi connectivity index (χ3v) is 6.86. The van der Waals surface area contributed by atoms with Crippen molar-refractivity contribution < 1.29 is 14.3 Å². The second kappa shape index (κ2) is 12.1. The molecule has 0 spiro atoms. The standard InChI is InChI=1S/C26H23N3O3S2/c30-23(21-12-14-22(15-13-21)32-17-20-9-5-2-6-10-20)18-33-26-29-28-25(34-26)27-24(31)16-11-19-7-3-1-4-8-19/h1-10,12-15H,11,16-18H2,(H,27,28,31). The van der Waals surface area contributed by atoms with E-state index < -0.39 is 0 Å². The summed E-state index contributed by atoms with van der Waals surface area (Å²) in [6.07, 6.45) is 1.04. The Kier molecular flexibility index (Phi) is 8.43. The van der Waals surface area contributed by atoms with Gasteiger partial charge in [-0.3, -0.25) is 9.59 Å². The number of ether oxygens (including phenoxy) is 1. The number of thioether (sulfide) groups is 1. The molecule has 4 aromatic rings. The van der Waals surface area contributed by atoms with Crippen LogP contribution in [0.1, 0.15) is 27.9 Å². The number of benzene rings is 3. The van der Waals surface area contributed by atoms with E-state index in [9.17, 15) is 9.59 Å². The second-order valence-electron chi connectivity index (χ2n) is 7.42. The summed E-state index contributed by atoms with van der Waals surface area (Å²) in [4.78, 5) is 24.7. The lowest BCUT2D eigenvalue weighted by Gasteiger charge is -2.07. The van der Waals surface area contributed by atoms with E-state index in [-0.39, 0.29) is 17.4 Å². The molecule has 0 fully saturated rings. The molecule has 0 aliphatic heterocycles. The first-order valence-corrected chi connectivity index (χ1v) is 12.6. The molecule has 0 saturated heterocycles. The van der Waals surface area contributed by atoms with Crippen LogP contribution in [0.2, 0.25) is 0 Å². The van der Waals surface area contributed by atoms with Gasteiger partial charge < -0.3 is 10.1 Å². The van der Waals surface area contributed by atoms with E-state index in [0.29, 0.717) is 40.2 Å². The number of nitrogens with one attached hydrogen (secondary N) is 1. The van der Waals surface area contributed by atoms with Gasteiger partial charge >= 0.3 is 0 Å². The minimum absolute atomic E-state index is 0.0109. The molecule has 0 aliphatic rings. The zero-order valence-electron chi connectivity index (χ0n) is 18.3. The van der Waals surface area contributed by atoms with Gasteiger partial charge in [0.2, 0.25) is 11.0 Å². The van der Waals surface area contributed by atoms with Crippen LogP contribution in [0.5, 0.6) is 5.75 Å². The third kappa shape index (κ3) is 7.26. The van der Waals surface area contributed by atoms with Crippen molar-refractivity contribution >= 4 is 39.9 Å². The van der Waals surface area contributed by atoms with Crippen molar-refractivity contribution in [3.05, 3.63) is 102 Å². The summed E-state index contributed by atoms with van der Waals surface area (Å²) < 4.78 is 6.40. The van der Waals surface area contributed by atoms with Gasteiger partial charge in [0, 0.05) is 12.0 Å². The summed E-state index contributed by atoms with van der Waals surface area (Å²) in [5.74, 6) is 0.830. The minimum Gasteiger partial charge on any atom is -0.489 e. The first kappa shape index (κ1) is 23.7. The number of hydrogen-bond acceptors (Lipinski definition) is 7. The highest BCUT2D eigenvalue weighted by Crippen LogP contribution is 2.26. The quantitative estimate of drug-likeness (QED) is 0.166. The lowest BCUT2D eigenvalue weighted by atomic mass is 10.1. The molecule has 0 saturated carbocycles. The molecule has 1 heterocycles. The van der Waals surface area contributed by atoms with Crippen LogP contribution in [-0.2, 0) is 17.8 Å². The summed E-state index contributed by atoms with van der Waals surface area (Å²) in [5.41, 5.74) is 2.81. The summed E-state index contributed by atoms with van der Waals surface area (Å²) in [7, 11) is 0. The predicted molar refractivity (Wildman–Crippen MR) is 136 cm³/mol. The molecule has 1 amide bonds. The van der Waals surface area contributed by atoms with Gasteiger partial charge in [-0.15, -0.1) is 10.2 Å². The van der Waals surface area contributed by atoms with Crippen LogP contribution >= 0.6 is 23.1 Å². The van der Waals surface area contributed by atoms with E-state index in [1.165, 1.54) is 23.1 Å². The Hall–Kier alpha value is -3.49. The number of carbonyl (C=O) groups is 2. The molecule has 6 nitrogen and oxygen atoms in total. The second-order valence-corrected chi connectivity index (χ2v) is 9.62. The van der Waals surface area contributed by atoms with Crippen LogP contribution in [0.3, 0.4) is 0 Å². The predicted octanol–water partition coefficient (Wildman–Crippen LogP) is 5.66. The van der Waals surface area contributed by atoms with Gasteiger partial charge in [0.15, 0.2) is 10.1 Å². The van der Waals surface area contributed by atoms with Crippen molar-refractivity contribution in [3.63, 3.8) is 0 Å². The maximum atomic E-state index is 12.5. The Balaban J connectivity index is 1.20. The molecule has 4 rings (SSSR count). The molecule has 0 aliphatic carbocycles. The number of aryl methyl sites for hydroxylation is 1. The van der Waals surface area contributed by atoms with Crippen LogP contribution in [0.4, 0.5) is 5.13 Å². The van der Waals surface area contributed by atoms with Crippen LogP contribution in [-0.4, -0.2) is 27.6 Å². The molecule has 1 aromatic heterocycles. The summed E-state index contributed by atoms with van der Waals surface area (Å²) in [6, 6.07) is 26.9. The van der Waals surface area contributed by atoms with Crippen LogP contribution < -0.4 is 10.1 Å². The average Bonchev–Trinajstić information content (AvgIpc) is 3.33. The van der Waals surface area contributed by atoms with Crippen molar-refractivity contribution in [2.45, 2.75) is 23.8 Å². The molecule has 3 aromatic carbocycles. The fourth-order valence-corrected chi connectivity index (χ4v) is 4.75. The zero-order valence-corrected chi connectivity index (χ0v) is 20.0. The maximum Gasteiger partial charge on any atom is 0.226 e. The number of ketones is 1. The fraction of sp³-hybridized carbons (Fsp3) is 0.154. The van der Waals surface area contributed by atoms with Gasteiger partial charge in [-0.1, -0.05) is 83.8 Å². The monoisotopic (exact) mass is 489 g/mol. The summed E-state index contributed by atoms with van der Waals surface area (Å²) in [5, 5.41) is 11.3. The Morgan fingerprint density at radius 3 is 2.24 bits per heavy atom. The van der Waals surface area contributed by atoms with Gasteiger partial charge in [-0.05, 0) is 41.8 Å². The van der Waals surface area contributed by atoms with E-state index in [2.05, 4.69) is 15.5 Å². The van der Waals surface area contributed by atoms with Crippen LogP contribution in [0.15, 0.2) is 89.3 Å². The Morgan fingerprint density at radius 1 is 0.853 bits per heavy atom. The lowest BCUT2D eigenvalue weighted by Crippen LogP contribution is -2.12. The third-order valence-electron chi connectivity index (χ3n) is 4.89. The van der Waals surface area contributed by atoms with Crippen LogP contribution in [0.25, 0.3) is 0 Å². The normalized spacial score (nSPS) is 10.6. The van der Waals surface area contributed by atoms with E-state index in [1.807, 2.05) is 60.7 Å². The van der Waals surface area contributed by atoms with Gasteiger partial charge in [-0.2, -0.15) is 0 Å². The summed E-state index contributed by atoms with van der Waals surface area (Å²) in [6.45, 7) is 0.478. The number of hydrogen-bond donors (Lipinski definition) is 1. The number of aromatic nitrogens is 2. The number of Topliss-reactive ketones (excluding diaryl/α,β-unsaturated/α-hetero) is 1. The van der Waals surface area contributed by atoms with Gasteiger partial charge in [0.1, 0.15) is 12.4 Å². The minimum atomic E-state index is -0.109. The van der Waals surface area contributed by atoms with Gasteiger partial charge in [-0.25, -0.2) is 0 Å². The highest BCUT2D eigenvalue weighted by atomic mass is 32.2. The fourth-order valence-electron chi connectivity index (χ4n) is 3.09. The first-order chi connectivity index (χ1) is 16.7. The van der Waals surface area contributed by atoms with E-state index >= 15 is 0 Å². The van der Waals surface area contributed by atoms with E-state index in [0.717, 1.165) is 11.1 Å². The Labute approximate surface area is 206 Å². The molecule has 172 valence electrons. The molecule has 0 radical (unpaired) electrons. The largest absolute Gasteiger partial charge is 0.489 e. The molecular weight excluding hydrogens is 466 g/mol. The topological polar surface area (TPSA) is 81.2 Å². The van der Waals surface area contributed by atoms with Crippen molar-refractivity contribution in [3.8, 4) is 5.75 Å². The average molecular weight is 490 g/mol. The van der Waals surface area contributed by atoms with Gasteiger partial charge in [0.05, 0.1) is 5.75 Å².